The van der Waals surface area contributed by atoms with Gasteiger partial charge in [0.15, 0.2) is 28.4 Å². The predicted molar refractivity (Wildman–Crippen MR) is 146 cm³/mol. The van der Waals surface area contributed by atoms with Gasteiger partial charge in [0.1, 0.15) is 0 Å². The maximum atomic E-state index is 5.08. The molecule has 0 aliphatic rings. The minimum atomic E-state index is -1.58. The van der Waals surface area contributed by atoms with Gasteiger partial charge in [-0.15, -0.1) is 0 Å². The number of aliphatic imine (C=N–C) groups is 2. The van der Waals surface area contributed by atoms with Gasteiger partial charge in [-0.2, -0.15) is 0 Å². The van der Waals surface area contributed by atoms with Crippen molar-refractivity contribution in [3.63, 3.8) is 0 Å². The lowest BCUT2D eigenvalue weighted by Gasteiger charge is -2.41. The summed E-state index contributed by atoms with van der Waals surface area (Å²) in [5, 5.41) is 7.24. The van der Waals surface area contributed by atoms with Crippen molar-refractivity contribution >= 4 is 28.4 Å². The smallest absolute Gasteiger partial charge is 0.186 e. The Labute approximate surface area is 196 Å². The van der Waals surface area contributed by atoms with Gasteiger partial charge in [-0.3, -0.25) is 9.98 Å². The van der Waals surface area contributed by atoms with Gasteiger partial charge < -0.3 is 19.8 Å². The summed E-state index contributed by atoms with van der Waals surface area (Å²) in [6.45, 7) is 33.8. The van der Waals surface area contributed by atoms with Gasteiger partial charge in [-0.05, 0) is 61.8 Å². The molecule has 2 N–H and O–H groups in total. The zero-order chi connectivity index (χ0) is 24.6. The number of hydrogen-bond acceptors (Lipinski definition) is 2. The van der Waals surface area contributed by atoms with E-state index in [2.05, 4.69) is 114 Å². The molecule has 0 aliphatic heterocycles. The van der Waals surface area contributed by atoms with Crippen molar-refractivity contribution in [3.8, 4) is 0 Å². The zero-order valence-corrected chi connectivity index (χ0v) is 25.2. The van der Waals surface area contributed by atoms with Crippen LogP contribution in [0.5, 0.6) is 0 Å². The van der Waals surface area contributed by atoms with E-state index in [1.165, 1.54) is 0 Å². The number of nitrogens with one attached hydrogen (secondary N) is 2. The third kappa shape index (κ3) is 12.0. The lowest BCUT2D eigenvalue weighted by Crippen LogP contribution is -2.58. The average molecular weight is 471 g/mol. The Morgan fingerprint density at radius 3 is 1.58 bits per heavy atom. The second-order valence-corrected chi connectivity index (χ2v) is 21.4. The van der Waals surface area contributed by atoms with Crippen molar-refractivity contribution in [2.45, 2.75) is 125 Å². The van der Waals surface area contributed by atoms with Crippen molar-refractivity contribution in [2.75, 3.05) is 13.1 Å². The molecule has 0 saturated carbocycles. The summed E-state index contributed by atoms with van der Waals surface area (Å²) in [4.78, 5) is 10.0. The Morgan fingerprint density at radius 1 is 0.742 bits per heavy atom. The molecule has 0 saturated heterocycles. The minimum absolute atomic E-state index is 0.274. The second kappa shape index (κ2) is 12.9. The molecule has 0 fully saturated rings. The topological polar surface area (TPSA) is 55.3 Å². The van der Waals surface area contributed by atoms with E-state index in [0.29, 0.717) is 18.1 Å². The fraction of sp³-hybridized carbons (Fsp3) is 0.913. The molecule has 0 aromatic heterocycles. The molecular weight excluding hydrogens is 416 g/mol. The third-order valence-electron chi connectivity index (χ3n) is 4.55. The van der Waals surface area contributed by atoms with E-state index >= 15 is 0 Å². The summed E-state index contributed by atoms with van der Waals surface area (Å²) in [7, 11) is -3.12. The van der Waals surface area contributed by atoms with Gasteiger partial charge in [-0.1, -0.05) is 39.3 Å². The summed E-state index contributed by atoms with van der Waals surface area (Å²) < 4.78 is 5.08. The molecule has 8 heteroatoms. The normalized spacial score (nSPS) is 14.1. The Kier molecular flexibility index (Phi) is 12.4. The minimum Gasteiger partial charge on any atom is -0.370 e. The van der Waals surface area contributed by atoms with Crippen LogP contribution < -0.4 is 10.6 Å². The van der Waals surface area contributed by atoms with E-state index in [1.54, 1.807) is 0 Å². The van der Waals surface area contributed by atoms with Crippen molar-refractivity contribution in [3.05, 3.63) is 0 Å². The van der Waals surface area contributed by atoms with Crippen LogP contribution in [0.15, 0.2) is 9.98 Å². The standard InChI is InChI=1S/C23H54N6Si2/c1-18(2)25-22(29(21(7)8)31(12,13)14)24-16-15-17-28(30(9,10)11)23(26-19(3)4)27-20(5)6/h18-21H,15-17H2,1-14H3,(H,24,25)(H,26,27). The molecule has 31 heavy (non-hydrogen) atoms. The van der Waals surface area contributed by atoms with Crippen molar-refractivity contribution in [2.24, 2.45) is 9.98 Å². The molecule has 0 rings (SSSR count). The van der Waals surface area contributed by atoms with Crippen LogP contribution >= 0.6 is 0 Å². The first-order chi connectivity index (χ1) is 14.0. The number of nitrogens with zero attached hydrogens (tertiary/aromatic N) is 4. The fourth-order valence-electron chi connectivity index (χ4n) is 3.65. The van der Waals surface area contributed by atoms with Crippen LogP contribution in [0.25, 0.3) is 0 Å². The Morgan fingerprint density at radius 2 is 1.23 bits per heavy atom. The summed E-state index contributed by atoms with van der Waals surface area (Å²) in [5.74, 6) is 2.12. The van der Waals surface area contributed by atoms with Gasteiger partial charge in [0.05, 0.1) is 0 Å². The first-order valence-electron chi connectivity index (χ1n) is 12.2. The molecule has 0 aromatic carbocycles. The molecule has 0 bridgehead atoms. The van der Waals surface area contributed by atoms with Crippen LogP contribution in [0.1, 0.15) is 61.8 Å². The number of rotatable bonds is 10. The highest BCUT2D eigenvalue weighted by Crippen LogP contribution is 2.15. The fourth-order valence-corrected chi connectivity index (χ4v) is 7.55. The van der Waals surface area contributed by atoms with E-state index in [0.717, 1.165) is 31.4 Å². The third-order valence-corrected chi connectivity index (χ3v) is 8.78. The van der Waals surface area contributed by atoms with Crippen LogP contribution in [-0.4, -0.2) is 74.8 Å². The first kappa shape index (κ1) is 30.0. The van der Waals surface area contributed by atoms with Crippen LogP contribution in [0.2, 0.25) is 39.3 Å². The largest absolute Gasteiger partial charge is 0.370 e. The average Bonchev–Trinajstić information content (AvgIpc) is 2.49. The number of hydrogen-bond donors (Lipinski definition) is 2. The molecule has 0 amide bonds. The molecule has 0 heterocycles. The van der Waals surface area contributed by atoms with Gasteiger partial charge in [0.25, 0.3) is 0 Å². The Bertz CT molecular complexity index is 572. The van der Waals surface area contributed by atoms with Crippen molar-refractivity contribution in [1.82, 2.24) is 19.8 Å². The Hall–Kier alpha value is -1.03. The molecule has 0 atom stereocenters. The molecule has 6 nitrogen and oxygen atoms in total. The molecule has 0 radical (unpaired) electrons. The van der Waals surface area contributed by atoms with Crippen molar-refractivity contribution in [1.29, 1.82) is 0 Å². The molecule has 184 valence electrons. The Balaban J connectivity index is 5.61. The molecule has 0 aromatic rings. The van der Waals surface area contributed by atoms with E-state index in [-0.39, 0.29) is 6.04 Å². The van der Waals surface area contributed by atoms with E-state index in [9.17, 15) is 0 Å². The first-order valence-corrected chi connectivity index (χ1v) is 19.1. The van der Waals surface area contributed by atoms with Gasteiger partial charge in [0, 0.05) is 37.3 Å². The maximum absolute atomic E-state index is 5.08. The maximum Gasteiger partial charge on any atom is 0.186 e. The van der Waals surface area contributed by atoms with Crippen LogP contribution in [0.3, 0.4) is 0 Å². The van der Waals surface area contributed by atoms with Gasteiger partial charge in [-0.25, -0.2) is 0 Å². The van der Waals surface area contributed by atoms with Crippen molar-refractivity contribution < 1.29 is 0 Å². The number of guanidine groups is 2. The summed E-state index contributed by atoms with van der Waals surface area (Å²) in [5.41, 5.74) is 0. The SMILES string of the molecule is CC(C)N=C(NC(C)C)N(CCCN=C(NC(C)C)N(C(C)C)[Si](C)(C)C)[Si](C)(C)C. The highest BCUT2D eigenvalue weighted by atomic mass is 28.3. The van der Waals surface area contributed by atoms with Gasteiger partial charge in [0.2, 0.25) is 0 Å². The predicted octanol–water partition coefficient (Wildman–Crippen LogP) is 5.18. The molecule has 0 spiro atoms. The lowest BCUT2D eigenvalue weighted by molar-refractivity contribution is 0.473. The molecule has 0 unspecified atom stereocenters. The quantitative estimate of drug-likeness (QED) is 0.200. The summed E-state index contributed by atoms with van der Waals surface area (Å²) in [6.07, 6.45) is 1.02. The van der Waals surface area contributed by atoms with Crippen LogP contribution in [0, 0.1) is 0 Å². The van der Waals surface area contributed by atoms with E-state index in [4.69, 9.17) is 9.98 Å². The van der Waals surface area contributed by atoms with Crippen LogP contribution in [-0.2, 0) is 0 Å². The molecular formula is C23H54N6Si2. The second-order valence-electron chi connectivity index (χ2n) is 11.7. The zero-order valence-electron chi connectivity index (χ0n) is 23.2. The molecule has 0 aliphatic carbocycles. The lowest BCUT2D eigenvalue weighted by atomic mass is 10.3. The monoisotopic (exact) mass is 470 g/mol. The van der Waals surface area contributed by atoms with Gasteiger partial charge >= 0.3 is 0 Å². The van der Waals surface area contributed by atoms with Crippen LogP contribution in [0.4, 0.5) is 0 Å². The highest BCUT2D eigenvalue weighted by Gasteiger charge is 2.30. The highest BCUT2D eigenvalue weighted by molar-refractivity contribution is 6.76. The van der Waals surface area contributed by atoms with E-state index in [1.807, 2.05) is 0 Å². The summed E-state index contributed by atoms with van der Waals surface area (Å²) >= 11 is 0. The van der Waals surface area contributed by atoms with E-state index < -0.39 is 16.5 Å². The summed E-state index contributed by atoms with van der Waals surface area (Å²) in [6, 6.07) is 1.45.